The molecule has 2 aromatic carbocycles. The van der Waals surface area contributed by atoms with Crippen molar-refractivity contribution < 1.29 is 18.3 Å². The average molecular weight is 384 g/mol. The number of halogens is 1. The Kier molecular flexibility index (Phi) is 5.20. The monoisotopic (exact) mass is 383 g/mol. The van der Waals surface area contributed by atoms with Gasteiger partial charge in [0.2, 0.25) is 0 Å². The van der Waals surface area contributed by atoms with Crippen molar-refractivity contribution in [3.8, 4) is 0 Å². The van der Waals surface area contributed by atoms with Crippen molar-refractivity contribution in [1.82, 2.24) is 0 Å². The number of aromatic carboxylic acids is 1. The van der Waals surface area contributed by atoms with Crippen molar-refractivity contribution in [2.45, 2.75) is 11.3 Å². The summed E-state index contributed by atoms with van der Waals surface area (Å²) in [6, 6.07) is 12.2. The molecule has 22 heavy (non-hydrogen) atoms. The van der Waals surface area contributed by atoms with Crippen LogP contribution >= 0.6 is 15.9 Å². The fourth-order valence-electron chi connectivity index (χ4n) is 1.87. The lowest BCUT2D eigenvalue weighted by Crippen LogP contribution is -2.13. The average Bonchev–Trinajstić information content (AvgIpc) is 2.48. The third-order valence-corrected chi connectivity index (χ3v) is 4.77. The van der Waals surface area contributed by atoms with Crippen LogP contribution in [-0.2, 0) is 16.4 Å². The van der Waals surface area contributed by atoms with E-state index in [9.17, 15) is 13.2 Å². The van der Waals surface area contributed by atoms with Gasteiger partial charge in [0.15, 0.2) is 0 Å². The van der Waals surface area contributed by atoms with Crippen LogP contribution in [0.5, 0.6) is 0 Å². The van der Waals surface area contributed by atoms with Crippen LogP contribution < -0.4 is 4.72 Å². The van der Waals surface area contributed by atoms with Gasteiger partial charge in [-0.1, -0.05) is 34.1 Å². The Labute approximate surface area is 137 Å². The smallest absolute Gasteiger partial charge is 0.335 e. The summed E-state index contributed by atoms with van der Waals surface area (Å²) in [5, 5.41) is 9.73. The highest BCUT2D eigenvalue weighted by Crippen LogP contribution is 2.18. The first-order valence-corrected chi connectivity index (χ1v) is 9.04. The molecule has 2 N–H and O–H groups in total. The Balaban J connectivity index is 2.23. The van der Waals surface area contributed by atoms with Gasteiger partial charge in [0.05, 0.1) is 10.5 Å². The number of sulfonamides is 1. The molecule has 0 bridgehead atoms. The summed E-state index contributed by atoms with van der Waals surface area (Å²) in [6.07, 6.45) is 0.814. The van der Waals surface area contributed by atoms with Crippen LogP contribution in [0.25, 0.3) is 0 Å². The molecular formula is C15H14BrNO4S. The Morgan fingerprint density at radius 3 is 2.41 bits per heavy atom. The zero-order valence-corrected chi connectivity index (χ0v) is 13.9. The Morgan fingerprint density at radius 1 is 1.14 bits per heavy atom. The van der Waals surface area contributed by atoms with E-state index in [4.69, 9.17) is 5.11 Å². The Morgan fingerprint density at radius 2 is 1.82 bits per heavy atom. The second-order valence-corrected chi connectivity index (χ2v) is 7.05. The number of hydrogen-bond acceptors (Lipinski definition) is 3. The molecule has 0 aromatic heterocycles. The number of benzene rings is 2. The summed E-state index contributed by atoms with van der Waals surface area (Å²) in [5.74, 6) is -1.11. The molecule has 7 heteroatoms. The lowest BCUT2D eigenvalue weighted by molar-refractivity contribution is 0.0697. The number of rotatable bonds is 6. The van der Waals surface area contributed by atoms with Crippen LogP contribution in [0.3, 0.4) is 0 Å². The van der Waals surface area contributed by atoms with Gasteiger partial charge in [0, 0.05) is 11.0 Å². The van der Waals surface area contributed by atoms with Crippen molar-refractivity contribution in [2.75, 3.05) is 10.1 Å². The first-order valence-electron chi connectivity index (χ1n) is 6.43. The van der Waals surface area contributed by atoms with Gasteiger partial charge >= 0.3 is 5.97 Å². The molecule has 0 aliphatic carbocycles. The fourth-order valence-corrected chi connectivity index (χ4v) is 3.38. The lowest BCUT2D eigenvalue weighted by atomic mass is 10.2. The number of carboxylic acid groups (broad SMARTS) is 1. The third kappa shape index (κ3) is 4.08. The van der Waals surface area contributed by atoms with E-state index in [1.807, 2.05) is 0 Å². The minimum absolute atomic E-state index is 0.0212. The SMILES string of the molecule is O=C(O)c1cccc(NS(=O)(=O)c2ccc(CCBr)cc2)c1. The molecule has 0 radical (unpaired) electrons. The van der Waals surface area contributed by atoms with Crippen LogP contribution in [0, 0.1) is 0 Å². The van der Waals surface area contributed by atoms with E-state index in [1.165, 1.54) is 36.4 Å². The number of anilines is 1. The molecule has 0 atom stereocenters. The maximum absolute atomic E-state index is 12.3. The molecule has 0 heterocycles. The van der Waals surface area contributed by atoms with Crippen molar-refractivity contribution in [3.05, 3.63) is 59.7 Å². The maximum atomic E-state index is 12.3. The van der Waals surface area contributed by atoms with E-state index in [0.29, 0.717) is 0 Å². The van der Waals surface area contributed by atoms with Gasteiger partial charge in [0.1, 0.15) is 0 Å². The van der Waals surface area contributed by atoms with E-state index in [2.05, 4.69) is 20.7 Å². The molecule has 0 unspecified atom stereocenters. The third-order valence-electron chi connectivity index (χ3n) is 2.98. The van der Waals surface area contributed by atoms with Gasteiger partial charge in [-0.15, -0.1) is 0 Å². The molecule has 0 aliphatic heterocycles. The maximum Gasteiger partial charge on any atom is 0.335 e. The molecule has 0 saturated carbocycles. The van der Waals surface area contributed by atoms with Crippen molar-refractivity contribution in [1.29, 1.82) is 0 Å². The minimum Gasteiger partial charge on any atom is -0.478 e. The molecule has 116 valence electrons. The number of carboxylic acids is 1. The number of carbonyl (C=O) groups is 1. The second-order valence-electron chi connectivity index (χ2n) is 4.57. The minimum atomic E-state index is -3.74. The van der Waals surface area contributed by atoms with E-state index < -0.39 is 16.0 Å². The number of alkyl halides is 1. The molecule has 0 amide bonds. The highest BCUT2D eigenvalue weighted by atomic mass is 79.9. The standard InChI is InChI=1S/C15H14BrNO4S/c16-9-8-11-4-6-14(7-5-11)22(20,21)17-13-3-1-2-12(10-13)15(18)19/h1-7,10,17H,8-9H2,(H,18,19). The van der Waals surface area contributed by atoms with Crippen molar-refractivity contribution in [2.24, 2.45) is 0 Å². The second kappa shape index (κ2) is 6.93. The number of nitrogens with one attached hydrogen (secondary N) is 1. The van der Waals surface area contributed by atoms with Gasteiger partial charge in [-0.3, -0.25) is 4.72 Å². The summed E-state index contributed by atoms with van der Waals surface area (Å²) < 4.78 is 26.9. The summed E-state index contributed by atoms with van der Waals surface area (Å²) in [6.45, 7) is 0. The lowest BCUT2D eigenvalue weighted by Gasteiger charge is -2.09. The fraction of sp³-hybridized carbons (Fsp3) is 0.133. The van der Waals surface area contributed by atoms with E-state index in [1.54, 1.807) is 12.1 Å². The van der Waals surface area contributed by atoms with E-state index in [0.717, 1.165) is 17.3 Å². The van der Waals surface area contributed by atoms with E-state index in [-0.39, 0.29) is 16.1 Å². The predicted molar refractivity (Wildman–Crippen MR) is 88.1 cm³/mol. The van der Waals surface area contributed by atoms with Crippen LogP contribution in [0.4, 0.5) is 5.69 Å². The zero-order valence-electron chi connectivity index (χ0n) is 11.5. The summed E-state index contributed by atoms with van der Waals surface area (Å²) in [4.78, 5) is 11.0. The van der Waals surface area contributed by atoms with Crippen molar-refractivity contribution in [3.63, 3.8) is 0 Å². The first-order chi connectivity index (χ1) is 10.4. The highest BCUT2D eigenvalue weighted by molar-refractivity contribution is 9.09. The molecule has 5 nitrogen and oxygen atoms in total. The molecule has 2 rings (SSSR count). The topological polar surface area (TPSA) is 83.5 Å². The van der Waals surface area contributed by atoms with Gasteiger partial charge in [0.25, 0.3) is 10.0 Å². The van der Waals surface area contributed by atoms with Crippen LogP contribution in [0.15, 0.2) is 53.4 Å². The number of hydrogen-bond donors (Lipinski definition) is 2. The van der Waals surface area contributed by atoms with Crippen LogP contribution in [0.2, 0.25) is 0 Å². The Hall–Kier alpha value is -1.86. The summed E-state index contributed by atoms with van der Waals surface area (Å²) >= 11 is 3.33. The van der Waals surface area contributed by atoms with Gasteiger partial charge in [-0.2, -0.15) is 0 Å². The van der Waals surface area contributed by atoms with Crippen LogP contribution in [0.1, 0.15) is 15.9 Å². The summed E-state index contributed by atoms with van der Waals surface area (Å²) in [5.41, 5.74) is 1.26. The van der Waals surface area contributed by atoms with Gasteiger partial charge in [-0.05, 0) is 42.3 Å². The first kappa shape index (κ1) is 16.5. The molecule has 0 spiro atoms. The van der Waals surface area contributed by atoms with Crippen LogP contribution in [-0.4, -0.2) is 24.8 Å². The van der Waals surface area contributed by atoms with Gasteiger partial charge < -0.3 is 5.11 Å². The molecule has 0 aliphatic rings. The van der Waals surface area contributed by atoms with Gasteiger partial charge in [-0.25, -0.2) is 13.2 Å². The number of aryl methyl sites for hydroxylation is 1. The normalized spacial score (nSPS) is 11.1. The van der Waals surface area contributed by atoms with Crippen molar-refractivity contribution >= 4 is 37.6 Å². The molecule has 2 aromatic rings. The molecular weight excluding hydrogens is 370 g/mol. The largest absolute Gasteiger partial charge is 0.478 e. The highest BCUT2D eigenvalue weighted by Gasteiger charge is 2.14. The Bertz CT molecular complexity index is 772. The molecule has 0 saturated heterocycles. The quantitative estimate of drug-likeness (QED) is 0.750. The summed E-state index contributed by atoms with van der Waals surface area (Å²) in [7, 11) is -3.74. The predicted octanol–water partition coefficient (Wildman–Crippen LogP) is 3.12. The molecule has 0 fully saturated rings. The van der Waals surface area contributed by atoms with E-state index >= 15 is 0 Å². The zero-order chi connectivity index (χ0) is 16.2.